The summed E-state index contributed by atoms with van der Waals surface area (Å²) in [6, 6.07) is 8.51. The van der Waals surface area contributed by atoms with Crippen LogP contribution in [0.15, 0.2) is 29.3 Å². The second-order valence-corrected chi connectivity index (χ2v) is 11.6. The lowest BCUT2D eigenvalue weighted by Crippen LogP contribution is -2.51. The van der Waals surface area contributed by atoms with E-state index < -0.39 is 0 Å². The van der Waals surface area contributed by atoms with Gasteiger partial charge in [-0.25, -0.2) is 0 Å². The van der Waals surface area contributed by atoms with Crippen LogP contribution in [0.1, 0.15) is 70.8 Å². The number of thioether (sulfide) groups is 1. The molecule has 1 atom stereocenters. The molecule has 1 aliphatic heterocycles. The summed E-state index contributed by atoms with van der Waals surface area (Å²) in [6.45, 7) is 6.09. The van der Waals surface area contributed by atoms with E-state index in [1.165, 1.54) is 44.1 Å². The third-order valence-electron chi connectivity index (χ3n) is 7.92. The minimum atomic E-state index is 0.0325. The maximum atomic E-state index is 12.7. The molecular weight excluding hydrogens is 390 g/mol. The average molecular weight is 426 g/mol. The normalized spacial score (nSPS) is 36.2. The highest BCUT2D eigenvalue weighted by molar-refractivity contribution is 8.14. The van der Waals surface area contributed by atoms with Gasteiger partial charge < -0.3 is 4.90 Å². The molecule has 4 nitrogen and oxygen atoms in total. The molecule has 30 heavy (non-hydrogen) atoms. The van der Waals surface area contributed by atoms with Crippen molar-refractivity contribution in [1.82, 2.24) is 4.90 Å². The van der Waals surface area contributed by atoms with E-state index in [-0.39, 0.29) is 17.6 Å². The van der Waals surface area contributed by atoms with Gasteiger partial charge in [-0.3, -0.25) is 14.7 Å². The molecule has 4 aliphatic carbocycles. The number of aliphatic imine (C=N–C) groups is 1. The van der Waals surface area contributed by atoms with E-state index in [2.05, 4.69) is 50.1 Å². The first-order valence-electron chi connectivity index (χ1n) is 11.7. The van der Waals surface area contributed by atoms with Crippen molar-refractivity contribution in [3.63, 3.8) is 0 Å². The summed E-state index contributed by atoms with van der Waals surface area (Å²) in [5, 5.41) is 1.15. The van der Waals surface area contributed by atoms with Gasteiger partial charge in [-0.1, -0.05) is 37.7 Å². The molecule has 1 heterocycles. The molecule has 1 saturated heterocycles. The van der Waals surface area contributed by atoms with Gasteiger partial charge in [0, 0.05) is 25.4 Å². The molecule has 0 radical (unpaired) electrons. The summed E-state index contributed by atoms with van der Waals surface area (Å²) in [5.41, 5.74) is 2.47. The van der Waals surface area contributed by atoms with Crippen molar-refractivity contribution in [2.24, 2.45) is 22.7 Å². The van der Waals surface area contributed by atoms with Gasteiger partial charge in [0.25, 0.3) is 0 Å². The Bertz CT molecular complexity index is 811. The van der Waals surface area contributed by atoms with Gasteiger partial charge >= 0.3 is 0 Å². The first-order chi connectivity index (χ1) is 14.3. The first kappa shape index (κ1) is 20.4. The van der Waals surface area contributed by atoms with E-state index in [9.17, 15) is 4.79 Å². The number of carbonyl (C=O) groups is 1. The summed E-state index contributed by atoms with van der Waals surface area (Å²) in [5.74, 6) is 4.19. The minimum absolute atomic E-state index is 0.0325. The number of rotatable bonds is 4. The third-order valence-corrected chi connectivity index (χ3v) is 9.03. The first-order valence-corrected chi connectivity index (χ1v) is 12.7. The monoisotopic (exact) mass is 425 g/mol. The smallest absolute Gasteiger partial charge is 0.225 e. The minimum Gasteiger partial charge on any atom is -0.333 e. The summed E-state index contributed by atoms with van der Waals surface area (Å²) >= 11 is 1.84. The maximum Gasteiger partial charge on any atom is 0.225 e. The summed E-state index contributed by atoms with van der Waals surface area (Å²) < 4.78 is 0. The Kier molecular flexibility index (Phi) is 5.16. The summed E-state index contributed by atoms with van der Waals surface area (Å²) in [6.07, 6.45) is 8.23. The van der Waals surface area contributed by atoms with Crippen molar-refractivity contribution < 1.29 is 4.79 Å². The Morgan fingerprint density at radius 1 is 1.10 bits per heavy atom. The van der Waals surface area contributed by atoms with Crippen LogP contribution in [0, 0.1) is 17.8 Å². The van der Waals surface area contributed by atoms with Gasteiger partial charge in [0.05, 0.1) is 5.54 Å². The van der Waals surface area contributed by atoms with E-state index in [0.29, 0.717) is 5.92 Å². The number of benzene rings is 1. The Balaban J connectivity index is 1.38. The molecule has 5 fully saturated rings. The standard InChI is InChI=1S/C25H35N3OS/c1-16(2)21-5-7-22(8-6-21)28(17(3)29)23-15-30-24(27(23)4)26-25-12-18-9-19(13-25)11-20(10-18)14-25/h5-8,16,18-20,23H,9-15H2,1-4H3. The third kappa shape index (κ3) is 3.57. The molecular formula is C25H35N3OS. The zero-order chi connectivity index (χ0) is 21.0. The number of anilines is 1. The van der Waals surface area contributed by atoms with E-state index in [4.69, 9.17) is 4.99 Å². The fourth-order valence-electron chi connectivity index (χ4n) is 6.84. The van der Waals surface area contributed by atoms with E-state index in [1.807, 2.05) is 16.7 Å². The van der Waals surface area contributed by atoms with Crippen LogP contribution in [-0.2, 0) is 4.79 Å². The van der Waals surface area contributed by atoms with Gasteiger partial charge in [0.2, 0.25) is 5.91 Å². The summed E-state index contributed by atoms with van der Waals surface area (Å²) in [4.78, 5) is 22.3. The lowest BCUT2D eigenvalue weighted by atomic mass is 9.53. The van der Waals surface area contributed by atoms with Gasteiger partial charge in [-0.05, 0) is 79.9 Å². The number of carbonyl (C=O) groups excluding carboxylic acids is 1. The van der Waals surface area contributed by atoms with E-state index in [1.54, 1.807) is 6.92 Å². The molecule has 6 rings (SSSR count). The van der Waals surface area contributed by atoms with Gasteiger partial charge in [0.15, 0.2) is 5.17 Å². The van der Waals surface area contributed by atoms with Crippen LogP contribution in [-0.4, -0.2) is 40.5 Å². The van der Waals surface area contributed by atoms with Gasteiger partial charge in [-0.15, -0.1) is 0 Å². The predicted octanol–water partition coefficient (Wildman–Crippen LogP) is 5.49. The number of hydrogen-bond donors (Lipinski definition) is 0. The largest absolute Gasteiger partial charge is 0.333 e. The molecule has 0 N–H and O–H groups in total. The van der Waals surface area contributed by atoms with Crippen LogP contribution in [0.25, 0.3) is 0 Å². The van der Waals surface area contributed by atoms with Crippen molar-refractivity contribution in [1.29, 1.82) is 0 Å². The zero-order valence-corrected chi connectivity index (χ0v) is 19.6. The van der Waals surface area contributed by atoms with E-state index in [0.717, 1.165) is 34.4 Å². The maximum absolute atomic E-state index is 12.7. The average Bonchev–Trinajstić information content (AvgIpc) is 3.01. The molecule has 5 aliphatic rings. The molecule has 4 bridgehead atoms. The van der Waals surface area contributed by atoms with Gasteiger partial charge in [0.1, 0.15) is 6.17 Å². The zero-order valence-electron chi connectivity index (χ0n) is 18.8. The van der Waals surface area contributed by atoms with Crippen molar-refractivity contribution in [2.45, 2.75) is 76.9 Å². The Morgan fingerprint density at radius 3 is 2.17 bits per heavy atom. The molecule has 5 heteroatoms. The van der Waals surface area contributed by atoms with Crippen molar-refractivity contribution >= 4 is 28.5 Å². The second kappa shape index (κ2) is 7.58. The lowest BCUT2D eigenvalue weighted by Gasteiger charge is -2.55. The van der Waals surface area contributed by atoms with Crippen molar-refractivity contribution in [2.75, 3.05) is 17.7 Å². The van der Waals surface area contributed by atoms with Crippen LogP contribution >= 0.6 is 11.8 Å². The number of amidine groups is 1. The lowest BCUT2D eigenvalue weighted by molar-refractivity contribution is -0.117. The van der Waals surface area contributed by atoms with Crippen LogP contribution in [0.4, 0.5) is 5.69 Å². The highest BCUT2D eigenvalue weighted by atomic mass is 32.2. The van der Waals surface area contributed by atoms with Crippen LogP contribution in [0.5, 0.6) is 0 Å². The molecule has 1 unspecified atom stereocenters. The molecule has 1 amide bonds. The quantitative estimate of drug-likeness (QED) is 0.640. The summed E-state index contributed by atoms with van der Waals surface area (Å²) in [7, 11) is 2.13. The van der Waals surface area contributed by atoms with Crippen LogP contribution in [0.3, 0.4) is 0 Å². The predicted molar refractivity (Wildman–Crippen MR) is 126 cm³/mol. The highest BCUT2D eigenvalue weighted by Crippen LogP contribution is 2.57. The number of nitrogens with zero attached hydrogens (tertiary/aromatic N) is 3. The van der Waals surface area contributed by atoms with E-state index >= 15 is 0 Å². The molecule has 0 spiro atoms. The van der Waals surface area contributed by atoms with Crippen molar-refractivity contribution in [3.8, 4) is 0 Å². The van der Waals surface area contributed by atoms with Crippen LogP contribution < -0.4 is 4.90 Å². The second-order valence-electron chi connectivity index (χ2n) is 10.6. The number of hydrogen-bond acceptors (Lipinski definition) is 3. The molecule has 1 aromatic carbocycles. The molecule has 162 valence electrons. The SMILES string of the molecule is CC(=O)N(c1ccc(C(C)C)cc1)C1CSC(=NC23CC4CC(CC(C4)C2)C3)N1C. The Morgan fingerprint density at radius 2 is 1.67 bits per heavy atom. The highest BCUT2D eigenvalue weighted by Gasteiger charge is 2.51. The molecule has 4 saturated carbocycles. The molecule has 0 aromatic heterocycles. The molecule has 1 aromatic rings. The topological polar surface area (TPSA) is 35.9 Å². The Labute approximate surface area is 185 Å². The number of amides is 1. The fraction of sp³-hybridized carbons (Fsp3) is 0.680. The fourth-order valence-corrected chi connectivity index (χ4v) is 8.09. The van der Waals surface area contributed by atoms with Gasteiger partial charge in [-0.2, -0.15) is 0 Å². The Hall–Kier alpha value is -1.49. The van der Waals surface area contributed by atoms with Crippen molar-refractivity contribution in [3.05, 3.63) is 29.8 Å². The van der Waals surface area contributed by atoms with Crippen LogP contribution in [0.2, 0.25) is 0 Å².